The van der Waals surface area contributed by atoms with Crippen LogP contribution in [0.2, 0.25) is 0 Å². The SMILES string of the molecule is CCC(CC)NCC(N)c1ccccc1. The van der Waals surface area contributed by atoms with Gasteiger partial charge in [0.2, 0.25) is 0 Å². The number of nitrogens with one attached hydrogen (secondary N) is 1. The first-order valence-electron chi connectivity index (χ1n) is 5.81. The average Bonchev–Trinajstić information content (AvgIpc) is 2.31. The van der Waals surface area contributed by atoms with Gasteiger partial charge < -0.3 is 11.1 Å². The maximum absolute atomic E-state index is 6.09. The third-order valence-electron chi connectivity index (χ3n) is 2.84. The largest absolute Gasteiger partial charge is 0.323 e. The summed E-state index contributed by atoms with van der Waals surface area (Å²) in [6.07, 6.45) is 2.33. The highest BCUT2D eigenvalue weighted by atomic mass is 14.9. The number of hydrogen-bond acceptors (Lipinski definition) is 2. The van der Waals surface area contributed by atoms with E-state index in [1.807, 2.05) is 18.2 Å². The van der Waals surface area contributed by atoms with Gasteiger partial charge in [0.1, 0.15) is 0 Å². The van der Waals surface area contributed by atoms with Crippen molar-refractivity contribution < 1.29 is 0 Å². The highest BCUT2D eigenvalue weighted by Gasteiger charge is 2.07. The summed E-state index contributed by atoms with van der Waals surface area (Å²) in [5, 5.41) is 3.49. The summed E-state index contributed by atoms with van der Waals surface area (Å²) in [6, 6.07) is 11.0. The predicted molar refractivity (Wildman–Crippen MR) is 65.7 cm³/mol. The molecule has 0 heterocycles. The Kier molecular flexibility index (Phi) is 5.37. The molecular formula is C13H22N2. The summed E-state index contributed by atoms with van der Waals surface area (Å²) < 4.78 is 0. The van der Waals surface area contributed by atoms with Gasteiger partial charge in [0.25, 0.3) is 0 Å². The fraction of sp³-hybridized carbons (Fsp3) is 0.538. The molecule has 0 aromatic heterocycles. The lowest BCUT2D eigenvalue weighted by atomic mass is 10.1. The van der Waals surface area contributed by atoms with Crippen LogP contribution in [-0.2, 0) is 0 Å². The highest BCUT2D eigenvalue weighted by molar-refractivity contribution is 5.18. The molecule has 1 rings (SSSR count). The summed E-state index contributed by atoms with van der Waals surface area (Å²) in [6.45, 7) is 5.26. The molecule has 84 valence electrons. The minimum Gasteiger partial charge on any atom is -0.323 e. The van der Waals surface area contributed by atoms with Gasteiger partial charge in [0.15, 0.2) is 0 Å². The first-order chi connectivity index (χ1) is 7.27. The van der Waals surface area contributed by atoms with Crippen LogP contribution in [0.1, 0.15) is 38.3 Å². The summed E-state index contributed by atoms with van der Waals surface area (Å²) in [7, 11) is 0. The molecule has 1 aromatic rings. The maximum Gasteiger partial charge on any atom is 0.0421 e. The van der Waals surface area contributed by atoms with E-state index < -0.39 is 0 Å². The first kappa shape index (κ1) is 12.2. The van der Waals surface area contributed by atoms with Gasteiger partial charge >= 0.3 is 0 Å². The van der Waals surface area contributed by atoms with E-state index in [1.165, 1.54) is 5.56 Å². The van der Waals surface area contributed by atoms with Crippen LogP contribution in [0.25, 0.3) is 0 Å². The molecule has 0 saturated carbocycles. The number of hydrogen-bond donors (Lipinski definition) is 2. The molecule has 3 N–H and O–H groups in total. The third-order valence-corrected chi connectivity index (χ3v) is 2.84. The molecule has 0 radical (unpaired) electrons. The molecule has 0 aliphatic rings. The molecule has 2 heteroatoms. The van der Waals surface area contributed by atoms with E-state index in [2.05, 4.69) is 31.3 Å². The monoisotopic (exact) mass is 206 g/mol. The van der Waals surface area contributed by atoms with E-state index in [1.54, 1.807) is 0 Å². The van der Waals surface area contributed by atoms with Crippen LogP contribution >= 0.6 is 0 Å². The molecule has 1 aromatic carbocycles. The van der Waals surface area contributed by atoms with Crippen molar-refractivity contribution in [1.29, 1.82) is 0 Å². The van der Waals surface area contributed by atoms with Crippen LogP contribution in [0.3, 0.4) is 0 Å². The Balaban J connectivity index is 2.39. The zero-order valence-electron chi connectivity index (χ0n) is 9.74. The number of rotatable bonds is 6. The molecule has 1 unspecified atom stereocenters. The number of nitrogens with two attached hydrogens (primary N) is 1. The molecule has 0 bridgehead atoms. The number of benzene rings is 1. The molecule has 0 aliphatic heterocycles. The van der Waals surface area contributed by atoms with E-state index in [-0.39, 0.29) is 6.04 Å². The van der Waals surface area contributed by atoms with Crippen LogP contribution in [-0.4, -0.2) is 12.6 Å². The van der Waals surface area contributed by atoms with Gasteiger partial charge in [-0.25, -0.2) is 0 Å². The van der Waals surface area contributed by atoms with Gasteiger partial charge in [-0.1, -0.05) is 44.2 Å². The van der Waals surface area contributed by atoms with Crippen molar-refractivity contribution in [2.45, 2.75) is 38.8 Å². The van der Waals surface area contributed by atoms with Gasteiger partial charge in [-0.3, -0.25) is 0 Å². The molecule has 0 amide bonds. The second kappa shape index (κ2) is 6.59. The molecule has 2 nitrogen and oxygen atoms in total. The zero-order chi connectivity index (χ0) is 11.1. The second-order valence-corrected chi connectivity index (χ2v) is 3.94. The van der Waals surface area contributed by atoms with E-state index in [0.717, 1.165) is 19.4 Å². The molecule has 0 saturated heterocycles. The van der Waals surface area contributed by atoms with Crippen molar-refractivity contribution in [3.8, 4) is 0 Å². The topological polar surface area (TPSA) is 38.0 Å². The van der Waals surface area contributed by atoms with Crippen molar-refractivity contribution in [3.63, 3.8) is 0 Å². The third kappa shape index (κ3) is 4.02. The first-order valence-corrected chi connectivity index (χ1v) is 5.81. The molecule has 0 aliphatic carbocycles. The standard InChI is InChI=1S/C13H22N2/c1-3-12(4-2)15-10-13(14)11-8-6-5-7-9-11/h5-9,12-13,15H,3-4,10,14H2,1-2H3. The van der Waals surface area contributed by atoms with E-state index in [9.17, 15) is 0 Å². The highest BCUT2D eigenvalue weighted by Crippen LogP contribution is 2.08. The zero-order valence-corrected chi connectivity index (χ0v) is 9.74. The van der Waals surface area contributed by atoms with E-state index in [0.29, 0.717) is 6.04 Å². The van der Waals surface area contributed by atoms with Crippen molar-refractivity contribution in [2.24, 2.45) is 5.73 Å². The molecule has 0 fully saturated rings. The van der Waals surface area contributed by atoms with Crippen molar-refractivity contribution >= 4 is 0 Å². The normalized spacial score (nSPS) is 13.1. The maximum atomic E-state index is 6.09. The molecule has 1 atom stereocenters. The molecule has 15 heavy (non-hydrogen) atoms. The molecule has 0 spiro atoms. The minimum atomic E-state index is 0.104. The van der Waals surface area contributed by atoms with Gasteiger partial charge in [0.05, 0.1) is 0 Å². The Labute approximate surface area is 92.9 Å². The van der Waals surface area contributed by atoms with Crippen molar-refractivity contribution in [3.05, 3.63) is 35.9 Å². The summed E-state index contributed by atoms with van der Waals surface area (Å²) in [5.74, 6) is 0. The predicted octanol–water partition coefficient (Wildman–Crippen LogP) is 2.46. The van der Waals surface area contributed by atoms with Gasteiger partial charge in [-0.05, 0) is 18.4 Å². The van der Waals surface area contributed by atoms with Crippen LogP contribution in [0.15, 0.2) is 30.3 Å². The Bertz CT molecular complexity index is 254. The van der Waals surface area contributed by atoms with E-state index >= 15 is 0 Å². The quantitative estimate of drug-likeness (QED) is 0.750. The van der Waals surface area contributed by atoms with Gasteiger partial charge in [0, 0.05) is 18.6 Å². The van der Waals surface area contributed by atoms with Crippen molar-refractivity contribution in [2.75, 3.05) is 6.54 Å². The van der Waals surface area contributed by atoms with Gasteiger partial charge in [-0.2, -0.15) is 0 Å². The van der Waals surface area contributed by atoms with Crippen LogP contribution < -0.4 is 11.1 Å². The fourth-order valence-electron chi connectivity index (χ4n) is 1.69. The Hall–Kier alpha value is -0.860. The summed E-state index contributed by atoms with van der Waals surface area (Å²) >= 11 is 0. The minimum absolute atomic E-state index is 0.104. The van der Waals surface area contributed by atoms with Crippen LogP contribution in [0, 0.1) is 0 Å². The van der Waals surface area contributed by atoms with Crippen LogP contribution in [0.5, 0.6) is 0 Å². The lowest BCUT2D eigenvalue weighted by Crippen LogP contribution is -2.34. The smallest absolute Gasteiger partial charge is 0.0421 e. The summed E-state index contributed by atoms with van der Waals surface area (Å²) in [5.41, 5.74) is 7.29. The lowest BCUT2D eigenvalue weighted by molar-refractivity contribution is 0.462. The van der Waals surface area contributed by atoms with E-state index in [4.69, 9.17) is 5.73 Å². The lowest BCUT2D eigenvalue weighted by Gasteiger charge is -2.18. The average molecular weight is 206 g/mol. The van der Waals surface area contributed by atoms with Gasteiger partial charge in [-0.15, -0.1) is 0 Å². The Morgan fingerprint density at radius 1 is 1.13 bits per heavy atom. The fourth-order valence-corrected chi connectivity index (χ4v) is 1.69. The molecular weight excluding hydrogens is 184 g/mol. The summed E-state index contributed by atoms with van der Waals surface area (Å²) in [4.78, 5) is 0. The second-order valence-electron chi connectivity index (χ2n) is 3.94. The Morgan fingerprint density at radius 2 is 1.73 bits per heavy atom. The Morgan fingerprint density at radius 3 is 2.27 bits per heavy atom. The van der Waals surface area contributed by atoms with Crippen molar-refractivity contribution in [1.82, 2.24) is 5.32 Å². The van der Waals surface area contributed by atoms with Crippen LogP contribution in [0.4, 0.5) is 0 Å².